The van der Waals surface area contributed by atoms with Gasteiger partial charge in [0.15, 0.2) is 0 Å². The largest absolute Gasteiger partial charge is 0.491 e. The Labute approximate surface area is 141 Å². The second-order valence-electron chi connectivity index (χ2n) is 5.98. The first-order valence-electron chi connectivity index (χ1n) is 7.92. The molecule has 2 N–H and O–H groups in total. The van der Waals surface area contributed by atoms with Gasteiger partial charge in [-0.3, -0.25) is 4.68 Å². The second-order valence-corrected chi connectivity index (χ2v) is 5.98. The molecule has 0 aliphatic rings. The number of halogens is 1. The number of hydrogen-bond acceptors (Lipinski definition) is 3. The van der Waals surface area contributed by atoms with Crippen LogP contribution in [0.25, 0.3) is 0 Å². The lowest BCUT2D eigenvalue weighted by atomic mass is 10.2. The lowest BCUT2D eigenvalue weighted by Gasteiger charge is -2.14. The minimum atomic E-state index is -0.534. The van der Waals surface area contributed by atoms with Crippen molar-refractivity contribution in [2.75, 3.05) is 11.9 Å². The quantitative estimate of drug-likeness (QED) is 0.816. The van der Waals surface area contributed by atoms with Gasteiger partial charge in [0.05, 0.1) is 11.8 Å². The summed E-state index contributed by atoms with van der Waals surface area (Å²) in [5, 5.41) is 9.35. The highest BCUT2D eigenvalue weighted by Crippen LogP contribution is 2.21. The standard InChI is InChI=1S/C17H23FN4O2/c1-12(2)24-14-5-6-16(15(18)9-14)21-17(23)19-10-13(3)11-22-8-4-7-20-22/h4-9,12-13H,10-11H2,1-3H3,(H2,19,21,23). The van der Waals surface area contributed by atoms with Gasteiger partial charge in [-0.05, 0) is 38.0 Å². The average molecular weight is 334 g/mol. The summed E-state index contributed by atoms with van der Waals surface area (Å²) in [6.07, 6.45) is 3.54. The Balaban J connectivity index is 1.81. The van der Waals surface area contributed by atoms with E-state index in [-0.39, 0.29) is 17.7 Å². The molecule has 2 aromatic rings. The summed E-state index contributed by atoms with van der Waals surface area (Å²) in [6, 6.07) is 5.77. The molecule has 0 saturated heterocycles. The van der Waals surface area contributed by atoms with Gasteiger partial charge >= 0.3 is 6.03 Å². The van der Waals surface area contributed by atoms with Gasteiger partial charge in [-0.15, -0.1) is 0 Å². The van der Waals surface area contributed by atoms with Crippen molar-refractivity contribution < 1.29 is 13.9 Å². The SMILES string of the molecule is CC(CNC(=O)Nc1ccc(OC(C)C)cc1F)Cn1cccn1. The van der Waals surface area contributed by atoms with E-state index in [9.17, 15) is 9.18 Å². The number of nitrogens with one attached hydrogen (secondary N) is 2. The van der Waals surface area contributed by atoms with Gasteiger partial charge in [0.1, 0.15) is 11.6 Å². The fourth-order valence-corrected chi connectivity index (χ4v) is 2.17. The van der Waals surface area contributed by atoms with Gasteiger partial charge in [-0.25, -0.2) is 9.18 Å². The summed E-state index contributed by atoms with van der Waals surface area (Å²) < 4.78 is 21.2. The van der Waals surface area contributed by atoms with Gasteiger partial charge in [0, 0.05) is 31.5 Å². The Morgan fingerprint density at radius 3 is 2.79 bits per heavy atom. The number of rotatable bonds is 7. The summed E-state index contributed by atoms with van der Waals surface area (Å²) in [6.45, 7) is 6.88. The van der Waals surface area contributed by atoms with E-state index in [1.165, 1.54) is 12.1 Å². The number of amides is 2. The van der Waals surface area contributed by atoms with Crippen molar-refractivity contribution in [3.05, 3.63) is 42.5 Å². The lowest BCUT2D eigenvalue weighted by Crippen LogP contribution is -2.33. The molecule has 2 amide bonds. The third-order valence-electron chi connectivity index (χ3n) is 3.23. The first kappa shape index (κ1) is 17.8. The minimum absolute atomic E-state index is 0.0391. The molecule has 0 radical (unpaired) electrons. The van der Waals surface area contributed by atoms with Crippen LogP contribution in [0.1, 0.15) is 20.8 Å². The highest BCUT2D eigenvalue weighted by atomic mass is 19.1. The van der Waals surface area contributed by atoms with Crippen LogP contribution in [0.3, 0.4) is 0 Å². The van der Waals surface area contributed by atoms with E-state index in [0.717, 1.165) is 0 Å². The zero-order valence-electron chi connectivity index (χ0n) is 14.1. The summed E-state index contributed by atoms with van der Waals surface area (Å²) in [5.41, 5.74) is 0.114. The molecule has 1 heterocycles. The zero-order valence-corrected chi connectivity index (χ0v) is 14.1. The molecule has 2 rings (SSSR count). The highest BCUT2D eigenvalue weighted by molar-refractivity contribution is 5.89. The zero-order chi connectivity index (χ0) is 17.5. The average Bonchev–Trinajstić information content (AvgIpc) is 3.00. The van der Waals surface area contributed by atoms with E-state index in [1.54, 1.807) is 16.9 Å². The molecule has 6 nitrogen and oxygen atoms in total. The molecule has 130 valence electrons. The number of ether oxygens (including phenoxy) is 1. The number of aromatic nitrogens is 2. The van der Waals surface area contributed by atoms with E-state index in [2.05, 4.69) is 15.7 Å². The second kappa shape index (κ2) is 8.33. The molecule has 7 heteroatoms. The number of hydrogen-bond donors (Lipinski definition) is 2. The van der Waals surface area contributed by atoms with Crippen molar-refractivity contribution in [2.45, 2.75) is 33.4 Å². The topological polar surface area (TPSA) is 68.2 Å². The Hall–Kier alpha value is -2.57. The van der Waals surface area contributed by atoms with Crippen molar-refractivity contribution in [1.29, 1.82) is 0 Å². The molecule has 24 heavy (non-hydrogen) atoms. The van der Waals surface area contributed by atoms with Crippen LogP contribution in [0.4, 0.5) is 14.9 Å². The number of urea groups is 1. The van der Waals surface area contributed by atoms with Crippen LogP contribution in [0, 0.1) is 11.7 Å². The fourth-order valence-electron chi connectivity index (χ4n) is 2.17. The highest BCUT2D eigenvalue weighted by Gasteiger charge is 2.10. The van der Waals surface area contributed by atoms with Gasteiger partial charge in [0.2, 0.25) is 0 Å². The van der Waals surface area contributed by atoms with Crippen LogP contribution in [0.15, 0.2) is 36.7 Å². The van der Waals surface area contributed by atoms with E-state index in [0.29, 0.717) is 18.8 Å². The lowest BCUT2D eigenvalue weighted by molar-refractivity contribution is 0.241. The van der Waals surface area contributed by atoms with E-state index in [1.807, 2.05) is 33.0 Å². The molecule has 0 saturated carbocycles. The number of benzene rings is 1. The molecule has 0 aliphatic heterocycles. The van der Waals surface area contributed by atoms with E-state index in [4.69, 9.17) is 4.74 Å². The molecular formula is C17H23FN4O2. The van der Waals surface area contributed by atoms with Crippen LogP contribution < -0.4 is 15.4 Å². The monoisotopic (exact) mass is 334 g/mol. The molecular weight excluding hydrogens is 311 g/mol. The summed E-state index contributed by atoms with van der Waals surface area (Å²) >= 11 is 0. The molecule has 1 unspecified atom stereocenters. The van der Waals surface area contributed by atoms with Crippen molar-refractivity contribution in [2.24, 2.45) is 5.92 Å². The Kier molecular flexibility index (Phi) is 6.17. The van der Waals surface area contributed by atoms with Gasteiger partial charge < -0.3 is 15.4 Å². The van der Waals surface area contributed by atoms with Crippen LogP contribution in [-0.2, 0) is 6.54 Å². The Morgan fingerprint density at radius 2 is 2.17 bits per heavy atom. The van der Waals surface area contributed by atoms with Crippen LogP contribution in [0.2, 0.25) is 0 Å². The first-order valence-corrected chi connectivity index (χ1v) is 7.92. The number of carbonyl (C=O) groups excluding carboxylic acids is 1. The summed E-state index contributed by atoms with van der Waals surface area (Å²) in [5.74, 6) is 0.0940. The Bertz CT molecular complexity index is 659. The summed E-state index contributed by atoms with van der Waals surface area (Å²) in [7, 11) is 0. The summed E-state index contributed by atoms with van der Waals surface area (Å²) in [4.78, 5) is 11.9. The van der Waals surface area contributed by atoms with Crippen molar-refractivity contribution in [1.82, 2.24) is 15.1 Å². The maximum absolute atomic E-state index is 14.0. The number of nitrogens with zero attached hydrogens (tertiary/aromatic N) is 2. The molecule has 0 fully saturated rings. The molecule has 1 aromatic carbocycles. The molecule has 0 bridgehead atoms. The maximum Gasteiger partial charge on any atom is 0.319 e. The molecule has 1 atom stereocenters. The van der Waals surface area contributed by atoms with Crippen molar-refractivity contribution in [3.8, 4) is 5.75 Å². The fraction of sp³-hybridized carbons (Fsp3) is 0.412. The van der Waals surface area contributed by atoms with Crippen LogP contribution in [-0.4, -0.2) is 28.5 Å². The molecule has 1 aromatic heterocycles. The predicted octanol–water partition coefficient (Wildman–Crippen LogP) is 3.27. The van der Waals surface area contributed by atoms with Crippen LogP contribution >= 0.6 is 0 Å². The normalized spacial score (nSPS) is 12.0. The van der Waals surface area contributed by atoms with E-state index < -0.39 is 11.8 Å². The van der Waals surface area contributed by atoms with Crippen LogP contribution in [0.5, 0.6) is 5.75 Å². The molecule has 0 aliphatic carbocycles. The van der Waals surface area contributed by atoms with Gasteiger partial charge in [-0.2, -0.15) is 5.10 Å². The first-order chi connectivity index (χ1) is 11.4. The molecule has 0 spiro atoms. The van der Waals surface area contributed by atoms with Gasteiger partial charge in [0.25, 0.3) is 0 Å². The predicted molar refractivity (Wildman–Crippen MR) is 90.6 cm³/mol. The smallest absolute Gasteiger partial charge is 0.319 e. The minimum Gasteiger partial charge on any atom is -0.491 e. The maximum atomic E-state index is 14.0. The third kappa shape index (κ3) is 5.57. The van der Waals surface area contributed by atoms with E-state index >= 15 is 0 Å². The number of carbonyl (C=O) groups is 1. The van der Waals surface area contributed by atoms with Gasteiger partial charge in [-0.1, -0.05) is 6.92 Å². The third-order valence-corrected chi connectivity index (χ3v) is 3.23. The Morgan fingerprint density at radius 1 is 1.38 bits per heavy atom. The van der Waals surface area contributed by atoms with Crippen molar-refractivity contribution in [3.63, 3.8) is 0 Å². The van der Waals surface area contributed by atoms with Crippen molar-refractivity contribution >= 4 is 11.7 Å². The number of anilines is 1.